The Balaban J connectivity index is 1.97. The number of hydrogen-bond donors (Lipinski definition) is 0. The number of aromatic nitrogens is 4. The van der Waals surface area contributed by atoms with E-state index in [1.165, 1.54) is 0 Å². The molecule has 0 N–H and O–H groups in total. The number of halogens is 1. The standard InChI is InChI=1S/C18H20ClN5O/c1-4-6-17(25)23(15-8-5-7-14(19)10-15)11-16-21-18-20-12(2)9-13(3)24(18)22-16/h5,7-10H,4,6,11H2,1-3H3. The molecule has 0 saturated carbocycles. The minimum absolute atomic E-state index is 0.0180. The van der Waals surface area contributed by atoms with E-state index in [0.717, 1.165) is 23.5 Å². The van der Waals surface area contributed by atoms with Gasteiger partial charge in [-0.05, 0) is 44.5 Å². The van der Waals surface area contributed by atoms with Crippen LogP contribution in [0.4, 0.5) is 5.69 Å². The van der Waals surface area contributed by atoms with Gasteiger partial charge in [0, 0.05) is 28.5 Å². The molecular weight excluding hydrogens is 338 g/mol. The number of amides is 1. The zero-order valence-corrected chi connectivity index (χ0v) is 15.3. The largest absolute Gasteiger partial charge is 0.305 e. The summed E-state index contributed by atoms with van der Waals surface area (Å²) in [6, 6.07) is 9.20. The van der Waals surface area contributed by atoms with Crippen LogP contribution in [0, 0.1) is 13.8 Å². The maximum atomic E-state index is 12.6. The van der Waals surface area contributed by atoms with E-state index in [1.54, 1.807) is 21.5 Å². The molecular formula is C18H20ClN5O. The van der Waals surface area contributed by atoms with Gasteiger partial charge in [0.1, 0.15) is 0 Å². The molecule has 3 aromatic rings. The molecule has 25 heavy (non-hydrogen) atoms. The van der Waals surface area contributed by atoms with Gasteiger partial charge in [-0.2, -0.15) is 4.98 Å². The number of benzene rings is 1. The van der Waals surface area contributed by atoms with Gasteiger partial charge in [-0.3, -0.25) is 4.79 Å². The topological polar surface area (TPSA) is 63.4 Å². The summed E-state index contributed by atoms with van der Waals surface area (Å²) >= 11 is 6.09. The molecule has 1 amide bonds. The number of carbonyl (C=O) groups excluding carboxylic acids is 1. The Morgan fingerprint density at radius 2 is 2.04 bits per heavy atom. The molecule has 0 atom stereocenters. The lowest BCUT2D eigenvalue weighted by molar-refractivity contribution is -0.118. The van der Waals surface area contributed by atoms with E-state index in [4.69, 9.17) is 11.6 Å². The van der Waals surface area contributed by atoms with Gasteiger partial charge < -0.3 is 4.90 Å². The quantitative estimate of drug-likeness (QED) is 0.698. The number of fused-ring (bicyclic) bond motifs is 1. The second kappa shape index (κ2) is 7.19. The summed E-state index contributed by atoms with van der Waals surface area (Å²) in [6.07, 6.45) is 1.23. The first kappa shape index (κ1) is 17.4. The van der Waals surface area contributed by atoms with Crippen LogP contribution < -0.4 is 4.90 Å². The highest BCUT2D eigenvalue weighted by Gasteiger charge is 2.19. The molecule has 0 bridgehead atoms. The predicted octanol–water partition coefficient (Wildman–Crippen LogP) is 3.73. The molecule has 0 aliphatic rings. The van der Waals surface area contributed by atoms with E-state index in [-0.39, 0.29) is 12.5 Å². The van der Waals surface area contributed by atoms with Gasteiger partial charge in [-0.1, -0.05) is 24.6 Å². The summed E-state index contributed by atoms with van der Waals surface area (Å²) in [6.45, 7) is 6.13. The Kier molecular flexibility index (Phi) is 4.99. The molecule has 1 aromatic carbocycles. The van der Waals surface area contributed by atoms with Gasteiger partial charge in [-0.25, -0.2) is 9.50 Å². The molecule has 0 aliphatic heterocycles. The van der Waals surface area contributed by atoms with Crippen molar-refractivity contribution >= 4 is 29.0 Å². The third-order valence-electron chi connectivity index (χ3n) is 3.85. The van der Waals surface area contributed by atoms with Gasteiger partial charge >= 0.3 is 0 Å². The SMILES string of the molecule is CCCC(=O)N(Cc1nc2nc(C)cc(C)n2n1)c1cccc(Cl)c1. The average Bonchev–Trinajstić information content (AvgIpc) is 2.95. The molecule has 0 fully saturated rings. The van der Waals surface area contributed by atoms with E-state index in [0.29, 0.717) is 23.0 Å². The fourth-order valence-corrected chi connectivity index (χ4v) is 2.92. The van der Waals surface area contributed by atoms with Crippen LogP contribution >= 0.6 is 11.6 Å². The minimum atomic E-state index is 0.0180. The third-order valence-corrected chi connectivity index (χ3v) is 4.08. The Hall–Kier alpha value is -2.47. The van der Waals surface area contributed by atoms with Gasteiger partial charge in [0.2, 0.25) is 5.91 Å². The van der Waals surface area contributed by atoms with Crippen LogP contribution in [0.2, 0.25) is 5.02 Å². The first-order valence-corrected chi connectivity index (χ1v) is 8.61. The molecule has 2 heterocycles. The average molecular weight is 358 g/mol. The number of rotatable bonds is 5. The predicted molar refractivity (Wildman–Crippen MR) is 97.8 cm³/mol. The van der Waals surface area contributed by atoms with Crippen molar-refractivity contribution in [1.29, 1.82) is 0 Å². The van der Waals surface area contributed by atoms with Crippen molar-refractivity contribution in [2.45, 2.75) is 40.2 Å². The van der Waals surface area contributed by atoms with Crippen LogP contribution in [0.1, 0.15) is 37.0 Å². The Labute approximate surface area is 151 Å². The second-order valence-corrected chi connectivity index (χ2v) is 6.42. The van der Waals surface area contributed by atoms with Crippen LogP contribution in [0.5, 0.6) is 0 Å². The fourth-order valence-electron chi connectivity index (χ4n) is 2.73. The van der Waals surface area contributed by atoms with Crippen molar-refractivity contribution in [1.82, 2.24) is 19.6 Å². The second-order valence-electron chi connectivity index (χ2n) is 5.99. The summed E-state index contributed by atoms with van der Waals surface area (Å²) in [5, 5.41) is 5.09. The first-order valence-electron chi connectivity index (χ1n) is 8.23. The lowest BCUT2D eigenvalue weighted by atomic mass is 10.2. The van der Waals surface area contributed by atoms with Crippen LogP contribution in [0.25, 0.3) is 5.78 Å². The summed E-state index contributed by atoms with van der Waals surface area (Å²) in [4.78, 5) is 23.1. The highest BCUT2D eigenvalue weighted by atomic mass is 35.5. The zero-order valence-electron chi connectivity index (χ0n) is 14.5. The Bertz CT molecular complexity index is 921. The number of hydrogen-bond acceptors (Lipinski definition) is 4. The van der Waals surface area contributed by atoms with E-state index in [2.05, 4.69) is 15.1 Å². The molecule has 0 radical (unpaired) electrons. The molecule has 7 heteroatoms. The van der Waals surface area contributed by atoms with Gasteiger partial charge in [0.05, 0.1) is 6.54 Å². The highest BCUT2D eigenvalue weighted by Crippen LogP contribution is 2.22. The maximum Gasteiger partial charge on any atom is 0.252 e. The van der Waals surface area contributed by atoms with Gasteiger partial charge in [-0.15, -0.1) is 5.10 Å². The van der Waals surface area contributed by atoms with Crippen LogP contribution in [0.3, 0.4) is 0 Å². The summed E-state index contributed by atoms with van der Waals surface area (Å²) < 4.78 is 1.70. The normalized spacial score (nSPS) is 11.0. The van der Waals surface area contributed by atoms with E-state index < -0.39 is 0 Å². The summed E-state index contributed by atoms with van der Waals surface area (Å²) in [5.41, 5.74) is 2.58. The van der Waals surface area contributed by atoms with Crippen LogP contribution in [-0.2, 0) is 11.3 Å². The third kappa shape index (κ3) is 3.79. The summed E-state index contributed by atoms with van der Waals surface area (Å²) in [5.74, 6) is 1.11. The zero-order chi connectivity index (χ0) is 18.0. The number of anilines is 1. The van der Waals surface area contributed by atoms with E-state index in [1.807, 2.05) is 39.0 Å². The van der Waals surface area contributed by atoms with Crippen molar-refractivity contribution in [3.8, 4) is 0 Å². The fraction of sp³-hybridized carbons (Fsp3) is 0.333. The number of carbonyl (C=O) groups is 1. The van der Waals surface area contributed by atoms with Gasteiger partial charge in [0.15, 0.2) is 5.82 Å². The van der Waals surface area contributed by atoms with Crippen LogP contribution in [-0.4, -0.2) is 25.5 Å². The Morgan fingerprint density at radius 3 is 2.76 bits per heavy atom. The molecule has 3 rings (SSSR count). The van der Waals surface area contributed by atoms with Gasteiger partial charge in [0.25, 0.3) is 5.78 Å². The first-order chi connectivity index (χ1) is 12.0. The van der Waals surface area contributed by atoms with Crippen molar-refractivity contribution in [3.63, 3.8) is 0 Å². The van der Waals surface area contributed by atoms with E-state index in [9.17, 15) is 4.79 Å². The van der Waals surface area contributed by atoms with Crippen molar-refractivity contribution in [3.05, 3.63) is 52.6 Å². The minimum Gasteiger partial charge on any atom is -0.305 e. The summed E-state index contributed by atoms with van der Waals surface area (Å²) in [7, 11) is 0. The number of nitrogens with zero attached hydrogens (tertiary/aromatic N) is 5. The van der Waals surface area contributed by atoms with Crippen molar-refractivity contribution in [2.75, 3.05) is 4.90 Å². The monoisotopic (exact) mass is 357 g/mol. The van der Waals surface area contributed by atoms with Crippen molar-refractivity contribution in [2.24, 2.45) is 0 Å². The van der Waals surface area contributed by atoms with Crippen molar-refractivity contribution < 1.29 is 4.79 Å². The Morgan fingerprint density at radius 1 is 1.24 bits per heavy atom. The smallest absolute Gasteiger partial charge is 0.252 e. The molecule has 2 aromatic heterocycles. The maximum absolute atomic E-state index is 12.6. The lowest BCUT2D eigenvalue weighted by Crippen LogP contribution is -2.30. The number of aryl methyl sites for hydroxylation is 2. The highest BCUT2D eigenvalue weighted by molar-refractivity contribution is 6.30. The molecule has 0 aliphatic carbocycles. The molecule has 0 spiro atoms. The molecule has 6 nitrogen and oxygen atoms in total. The van der Waals surface area contributed by atoms with E-state index >= 15 is 0 Å². The lowest BCUT2D eigenvalue weighted by Gasteiger charge is -2.21. The molecule has 130 valence electrons. The molecule has 0 unspecified atom stereocenters. The van der Waals surface area contributed by atoms with Crippen LogP contribution in [0.15, 0.2) is 30.3 Å². The molecule has 0 saturated heterocycles.